The minimum Gasteiger partial charge on any atom is -0.495 e. The van der Waals surface area contributed by atoms with Crippen LogP contribution in [-0.2, 0) is 11.3 Å². The van der Waals surface area contributed by atoms with E-state index in [0.717, 1.165) is 22.3 Å². The summed E-state index contributed by atoms with van der Waals surface area (Å²) in [6.07, 6.45) is 3.42. The van der Waals surface area contributed by atoms with Crippen LogP contribution in [0.1, 0.15) is 5.56 Å². The molecule has 4 rings (SSSR count). The first-order chi connectivity index (χ1) is 17.0. The molecule has 0 saturated heterocycles. The van der Waals surface area contributed by atoms with Gasteiger partial charge in [-0.05, 0) is 61.6 Å². The molecule has 3 aromatic carbocycles. The number of aromatic nitrogens is 2. The second kappa shape index (κ2) is 11.3. The Labute approximate surface area is 205 Å². The molecule has 7 heteroatoms. The van der Waals surface area contributed by atoms with Crippen LogP contribution in [0.25, 0.3) is 22.5 Å². The number of anilines is 1. The number of methoxy groups -OCH3 is 1. The summed E-state index contributed by atoms with van der Waals surface area (Å²) in [5, 5.41) is 2.92. The fourth-order valence-corrected chi connectivity index (χ4v) is 3.72. The van der Waals surface area contributed by atoms with Gasteiger partial charge in [0.15, 0.2) is 12.4 Å². The molecule has 0 spiro atoms. The molecular formula is C28H28N4O3. The predicted molar refractivity (Wildman–Crippen MR) is 137 cm³/mol. The molecule has 0 atom stereocenters. The van der Waals surface area contributed by atoms with E-state index in [4.69, 9.17) is 9.47 Å². The maximum absolute atomic E-state index is 12.8. The number of ether oxygens (including phenoxy) is 2. The average molecular weight is 469 g/mol. The molecule has 7 nitrogen and oxygen atoms in total. The van der Waals surface area contributed by atoms with E-state index in [1.54, 1.807) is 25.6 Å². The second-order valence-electron chi connectivity index (χ2n) is 8.25. The van der Waals surface area contributed by atoms with Crippen LogP contribution < -0.4 is 14.8 Å². The molecule has 1 aromatic heterocycles. The fraction of sp³-hybridized carbons (Fsp3) is 0.179. The lowest BCUT2D eigenvalue weighted by molar-refractivity contribution is -0.118. The molecule has 0 aliphatic carbocycles. The van der Waals surface area contributed by atoms with E-state index in [0.29, 0.717) is 29.6 Å². The Balaban J connectivity index is 1.49. The molecule has 0 radical (unpaired) electrons. The highest BCUT2D eigenvalue weighted by Gasteiger charge is 2.13. The number of hydrogen-bond acceptors (Lipinski definition) is 6. The lowest BCUT2D eigenvalue weighted by Gasteiger charge is -2.17. The Bertz CT molecular complexity index is 1280. The van der Waals surface area contributed by atoms with Gasteiger partial charge >= 0.3 is 0 Å². The van der Waals surface area contributed by atoms with Gasteiger partial charge in [0.1, 0.15) is 11.5 Å². The van der Waals surface area contributed by atoms with Crippen LogP contribution >= 0.6 is 0 Å². The van der Waals surface area contributed by atoms with Gasteiger partial charge in [-0.25, -0.2) is 9.97 Å². The molecule has 0 fully saturated rings. The fourth-order valence-electron chi connectivity index (χ4n) is 3.72. The van der Waals surface area contributed by atoms with Crippen LogP contribution in [-0.4, -0.2) is 48.6 Å². The molecule has 0 aliphatic heterocycles. The van der Waals surface area contributed by atoms with Crippen molar-refractivity contribution < 1.29 is 14.3 Å². The van der Waals surface area contributed by atoms with Crippen molar-refractivity contribution in [2.45, 2.75) is 6.54 Å². The van der Waals surface area contributed by atoms with Crippen LogP contribution in [0.15, 0.2) is 85.2 Å². The molecule has 1 N–H and O–H groups in total. The van der Waals surface area contributed by atoms with E-state index in [9.17, 15) is 4.79 Å². The average Bonchev–Trinajstić information content (AvgIpc) is 2.88. The van der Waals surface area contributed by atoms with E-state index in [1.165, 1.54) is 0 Å². The first kappa shape index (κ1) is 23.9. The molecular weight excluding hydrogens is 440 g/mol. The van der Waals surface area contributed by atoms with Crippen LogP contribution in [0.4, 0.5) is 5.69 Å². The van der Waals surface area contributed by atoms with Crippen LogP contribution in [0.2, 0.25) is 0 Å². The smallest absolute Gasteiger partial charge is 0.262 e. The van der Waals surface area contributed by atoms with Gasteiger partial charge in [0.05, 0.1) is 12.8 Å². The Hall–Kier alpha value is -4.23. The third kappa shape index (κ3) is 6.22. The van der Waals surface area contributed by atoms with Gasteiger partial charge in [-0.3, -0.25) is 4.79 Å². The summed E-state index contributed by atoms with van der Waals surface area (Å²) in [5.41, 5.74) is 4.46. The Morgan fingerprint density at radius 1 is 0.857 bits per heavy atom. The van der Waals surface area contributed by atoms with E-state index < -0.39 is 0 Å². The first-order valence-electron chi connectivity index (χ1n) is 11.2. The van der Waals surface area contributed by atoms with Crippen molar-refractivity contribution in [3.8, 4) is 34.0 Å². The Kier molecular flexibility index (Phi) is 7.70. The summed E-state index contributed by atoms with van der Waals surface area (Å²) in [7, 11) is 5.54. The highest BCUT2D eigenvalue weighted by molar-refractivity contribution is 5.94. The molecule has 1 heterocycles. The minimum absolute atomic E-state index is 0.139. The third-order valence-corrected chi connectivity index (χ3v) is 5.31. The predicted octanol–water partition coefficient (Wildman–Crippen LogP) is 4.90. The summed E-state index contributed by atoms with van der Waals surface area (Å²) in [5.74, 6) is 1.58. The lowest BCUT2D eigenvalue weighted by atomic mass is 10.0. The molecule has 1 amide bonds. The SMILES string of the molecule is COc1ccc(-c2ccccc2)cc1NC(=O)COc1ccc(-c2ncccn2)cc1CN(C)C. The largest absolute Gasteiger partial charge is 0.495 e. The summed E-state index contributed by atoms with van der Waals surface area (Å²) in [4.78, 5) is 23.5. The number of nitrogens with one attached hydrogen (secondary N) is 1. The molecule has 35 heavy (non-hydrogen) atoms. The summed E-state index contributed by atoms with van der Waals surface area (Å²) >= 11 is 0. The van der Waals surface area contributed by atoms with Crippen molar-refractivity contribution in [3.05, 3.63) is 90.8 Å². The number of amides is 1. The van der Waals surface area contributed by atoms with Gasteiger partial charge < -0.3 is 19.7 Å². The third-order valence-electron chi connectivity index (χ3n) is 5.31. The highest BCUT2D eigenvalue weighted by atomic mass is 16.5. The number of benzene rings is 3. The van der Waals surface area contributed by atoms with Crippen molar-refractivity contribution in [1.29, 1.82) is 0 Å². The van der Waals surface area contributed by atoms with Crippen molar-refractivity contribution in [3.63, 3.8) is 0 Å². The maximum atomic E-state index is 12.8. The van der Waals surface area contributed by atoms with Gasteiger partial charge in [-0.1, -0.05) is 36.4 Å². The van der Waals surface area contributed by atoms with E-state index in [2.05, 4.69) is 15.3 Å². The van der Waals surface area contributed by atoms with Crippen molar-refractivity contribution in [2.24, 2.45) is 0 Å². The van der Waals surface area contributed by atoms with Crippen molar-refractivity contribution >= 4 is 11.6 Å². The van der Waals surface area contributed by atoms with Crippen molar-refractivity contribution in [1.82, 2.24) is 14.9 Å². The van der Waals surface area contributed by atoms with Crippen LogP contribution in [0, 0.1) is 0 Å². The van der Waals surface area contributed by atoms with Gasteiger partial charge in [0.2, 0.25) is 0 Å². The Morgan fingerprint density at radius 3 is 2.29 bits per heavy atom. The monoisotopic (exact) mass is 468 g/mol. The number of carbonyl (C=O) groups is 1. The minimum atomic E-state index is -0.278. The number of hydrogen-bond donors (Lipinski definition) is 1. The van der Waals surface area contributed by atoms with E-state index in [-0.39, 0.29) is 12.5 Å². The molecule has 0 bridgehead atoms. The van der Waals surface area contributed by atoms with Gasteiger partial charge in [0, 0.05) is 30.1 Å². The second-order valence-corrected chi connectivity index (χ2v) is 8.25. The van der Waals surface area contributed by atoms with Gasteiger partial charge in [0.25, 0.3) is 5.91 Å². The van der Waals surface area contributed by atoms with Gasteiger partial charge in [-0.15, -0.1) is 0 Å². The zero-order valence-corrected chi connectivity index (χ0v) is 20.1. The standard InChI is InChI=1S/C28H28N4O3/c1-32(2)18-23-16-22(28-29-14-7-15-30-28)11-12-25(23)35-19-27(33)31-24-17-21(10-13-26(24)34-3)20-8-5-4-6-9-20/h4-17H,18-19H2,1-3H3,(H,31,33). The van der Waals surface area contributed by atoms with E-state index >= 15 is 0 Å². The summed E-state index contributed by atoms with van der Waals surface area (Å²) in [6.45, 7) is 0.505. The summed E-state index contributed by atoms with van der Waals surface area (Å²) < 4.78 is 11.4. The molecule has 0 unspecified atom stereocenters. The number of rotatable bonds is 9. The Morgan fingerprint density at radius 2 is 1.57 bits per heavy atom. The number of nitrogens with zero attached hydrogens (tertiary/aromatic N) is 3. The topological polar surface area (TPSA) is 76.6 Å². The molecule has 0 aliphatic rings. The highest BCUT2D eigenvalue weighted by Crippen LogP contribution is 2.31. The van der Waals surface area contributed by atoms with Crippen LogP contribution in [0.3, 0.4) is 0 Å². The molecule has 178 valence electrons. The molecule has 4 aromatic rings. The normalized spacial score (nSPS) is 10.7. The zero-order valence-electron chi connectivity index (χ0n) is 20.1. The quantitative estimate of drug-likeness (QED) is 0.377. The zero-order chi connectivity index (χ0) is 24.6. The lowest BCUT2D eigenvalue weighted by Crippen LogP contribution is -2.21. The molecule has 0 saturated carbocycles. The van der Waals surface area contributed by atoms with Gasteiger partial charge in [-0.2, -0.15) is 0 Å². The van der Waals surface area contributed by atoms with Crippen molar-refractivity contribution in [2.75, 3.05) is 33.1 Å². The van der Waals surface area contributed by atoms with E-state index in [1.807, 2.05) is 85.7 Å². The van der Waals surface area contributed by atoms with Crippen LogP contribution in [0.5, 0.6) is 11.5 Å². The number of carbonyl (C=O) groups excluding carboxylic acids is 1. The first-order valence-corrected chi connectivity index (χ1v) is 11.2. The maximum Gasteiger partial charge on any atom is 0.262 e. The summed E-state index contributed by atoms with van der Waals surface area (Å²) in [6, 6.07) is 23.2.